The molecule has 7 heteroatoms. The summed E-state index contributed by atoms with van der Waals surface area (Å²) >= 11 is 0. The van der Waals surface area contributed by atoms with Crippen molar-refractivity contribution in [2.45, 2.75) is 57.7 Å². The molecule has 2 rings (SSSR count). The number of unbranched alkanes of at least 4 members (excludes halogenated alkanes) is 4. The molecule has 0 aliphatic heterocycles. The third-order valence-electron chi connectivity index (χ3n) is 5.11. The second kappa shape index (κ2) is 14.9. The van der Waals surface area contributed by atoms with Crippen molar-refractivity contribution in [1.29, 1.82) is 0 Å². The normalized spacial score (nSPS) is 12.2. The average Bonchev–Trinajstić information content (AvgIpc) is 2.78. The van der Waals surface area contributed by atoms with Crippen molar-refractivity contribution in [3.63, 3.8) is 0 Å². The van der Waals surface area contributed by atoms with Gasteiger partial charge in [0.05, 0.1) is 12.3 Å². The molecule has 1 aromatic carbocycles. The summed E-state index contributed by atoms with van der Waals surface area (Å²) in [5.41, 5.74) is 1.77. The Hall–Kier alpha value is -2.06. The van der Waals surface area contributed by atoms with Crippen LogP contribution in [0.25, 0.3) is 0 Å². The van der Waals surface area contributed by atoms with Crippen molar-refractivity contribution in [3.05, 3.63) is 59.2 Å². The topological polar surface area (TPSA) is 94.8 Å². The van der Waals surface area contributed by atoms with Crippen molar-refractivity contribution in [2.75, 3.05) is 26.3 Å². The van der Waals surface area contributed by atoms with Gasteiger partial charge < -0.3 is 25.4 Å². The van der Waals surface area contributed by atoms with Gasteiger partial charge in [0.1, 0.15) is 23.4 Å². The number of pyridine rings is 1. The van der Waals surface area contributed by atoms with E-state index in [1.807, 2.05) is 12.1 Å². The number of aromatic nitrogens is 1. The molecule has 1 heterocycles. The number of nitrogens with one attached hydrogen (secondary N) is 1. The summed E-state index contributed by atoms with van der Waals surface area (Å²) in [6.07, 6.45) is 6.52. The van der Waals surface area contributed by atoms with Crippen LogP contribution in [0.3, 0.4) is 0 Å². The van der Waals surface area contributed by atoms with Crippen LogP contribution in [0.15, 0.2) is 36.4 Å². The zero-order chi connectivity index (χ0) is 22.3. The van der Waals surface area contributed by atoms with Crippen LogP contribution in [0.2, 0.25) is 0 Å². The van der Waals surface area contributed by atoms with E-state index in [9.17, 15) is 14.6 Å². The zero-order valence-electron chi connectivity index (χ0n) is 18.1. The van der Waals surface area contributed by atoms with Gasteiger partial charge in [0.2, 0.25) is 0 Å². The fraction of sp³-hybridized carbons (Fsp3) is 0.542. The number of nitrogens with zero attached hydrogens (tertiary/aromatic N) is 1. The van der Waals surface area contributed by atoms with Crippen LogP contribution in [0.1, 0.15) is 61.6 Å². The Morgan fingerprint density at radius 2 is 1.65 bits per heavy atom. The maximum absolute atomic E-state index is 12.8. The van der Waals surface area contributed by atoms with E-state index in [1.54, 1.807) is 6.07 Å². The Kier molecular flexibility index (Phi) is 12.1. The lowest BCUT2D eigenvalue weighted by Gasteiger charge is -2.13. The largest absolute Gasteiger partial charge is 0.506 e. The summed E-state index contributed by atoms with van der Waals surface area (Å²) < 4.78 is 18.5. The first-order valence-corrected chi connectivity index (χ1v) is 11.1. The third-order valence-corrected chi connectivity index (χ3v) is 5.11. The first kappa shape index (κ1) is 25.2. The second-order valence-electron chi connectivity index (χ2n) is 7.69. The summed E-state index contributed by atoms with van der Waals surface area (Å²) in [6, 6.07) is 9.68. The van der Waals surface area contributed by atoms with Crippen LogP contribution in [0.4, 0.5) is 4.39 Å². The van der Waals surface area contributed by atoms with Gasteiger partial charge >= 0.3 is 0 Å². The molecule has 4 N–H and O–H groups in total. The van der Waals surface area contributed by atoms with Gasteiger partial charge in [-0.15, -0.1) is 0 Å². The molecule has 0 aliphatic carbocycles. The number of rotatable bonds is 16. The van der Waals surface area contributed by atoms with Gasteiger partial charge in [0.15, 0.2) is 0 Å². The molecule has 0 amide bonds. The minimum Gasteiger partial charge on any atom is -0.506 e. The molecule has 0 spiro atoms. The molecule has 2 aromatic rings. The minimum absolute atomic E-state index is 0.0691. The highest BCUT2D eigenvalue weighted by Crippen LogP contribution is 2.18. The van der Waals surface area contributed by atoms with E-state index in [4.69, 9.17) is 9.84 Å². The average molecular weight is 435 g/mol. The molecule has 1 aromatic heterocycles. The molecule has 6 nitrogen and oxygen atoms in total. The minimum atomic E-state index is -0.776. The number of ether oxygens (including phenoxy) is 1. The van der Waals surface area contributed by atoms with Gasteiger partial charge in [-0.3, -0.25) is 0 Å². The number of hydrogen-bond acceptors (Lipinski definition) is 6. The fourth-order valence-corrected chi connectivity index (χ4v) is 3.25. The molecule has 1 unspecified atom stereocenters. The highest BCUT2D eigenvalue weighted by Gasteiger charge is 2.11. The van der Waals surface area contributed by atoms with Crippen LogP contribution in [0.5, 0.6) is 5.75 Å². The standard InChI is InChI=1S/C24H35FN2O4/c25-20-10-8-19(9-11-20)7-3-6-16-31-15-5-2-1-4-14-26-17-24(30)21-12-13-23(29)22(18-28)27-21/h8-13,24,26,28-30H,1-7,14-18H2. The summed E-state index contributed by atoms with van der Waals surface area (Å²) in [4.78, 5) is 4.07. The first-order chi connectivity index (χ1) is 15.1. The van der Waals surface area contributed by atoms with Crippen LogP contribution in [-0.4, -0.2) is 46.6 Å². The molecular formula is C24H35FN2O4. The number of aliphatic hydroxyl groups excluding tert-OH is 2. The number of halogens is 1. The zero-order valence-corrected chi connectivity index (χ0v) is 18.1. The Bertz CT molecular complexity index is 743. The third kappa shape index (κ3) is 10.2. The van der Waals surface area contributed by atoms with E-state index < -0.39 is 6.10 Å². The lowest BCUT2D eigenvalue weighted by atomic mass is 10.1. The molecule has 0 saturated carbocycles. The van der Waals surface area contributed by atoms with Crippen LogP contribution in [0, 0.1) is 5.82 Å². The van der Waals surface area contributed by atoms with Gasteiger partial charge in [-0.25, -0.2) is 9.37 Å². The Morgan fingerprint density at radius 3 is 2.39 bits per heavy atom. The highest BCUT2D eigenvalue weighted by atomic mass is 19.1. The van der Waals surface area contributed by atoms with Crippen molar-refractivity contribution >= 4 is 0 Å². The number of aromatic hydroxyl groups is 1. The van der Waals surface area contributed by atoms with E-state index in [2.05, 4.69) is 10.3 Å². The van der Waals surface area contributed by atoms with E-state index in [-0.39, 0.29) is 23.9 Å². The van der Waals surface area contributed by atoms with Crippen molar-refractivity contribution in [2.24, 2.45) is 0 Å². The predicted octanol–water partition coefficient (Wildman–Crippen LogP) is 3.64. The van der Waals surface area contributed by atoms with Crippen molar-refractivity contribution in [3.8, 4) is 5.75 Å². The number of aryl methyl sites for hydroxylation is 1. The number of hydrogen-bond donors (Lipinski definition) is 4. The molecule has 0 fully saturated rings. The lowest BCUT2D eigenvalue weighted by Crippen LogP contribution is -2.23. The highest BCUT2D eigenvalue weighted by molar-refractivity contribution is 5.28. The van der Waals surface area contributed by atoms with E-state index in [0.29, 0.717) is 12.2 Å². The Labute approximate surface area is 184 Å². The van der Waals surface area contributed by atoms with Gasteiger partial charge in [-0.2, -0.15) is 0 Å². The monoisotopic (exact) mass is 434 g/mol. The van der Waals surface area contributed by atoms with E-state index in [1.165, 1.54) is 18.2 Å². The second-order valence-corrected chi connectivity index (χ2v) is 7.69. The predicted molar refractivity (Wildman–Crippen MR) is 118 cm³/mol. The van der Waals surface area contributed by atoms with Crippen molar-refractivity contribution < 1.29 is 24.4 Å². The maximum atomic E-state index is 12.8. The first-order valence-electron chi connectivity index (χ1n) is 11.1. The number of benzene rings is 1. The molecular weight excluding hydrogens is 399 g/mol. The van der Waals surface area contributed by atoms with Gasteiger partial charge in [-0.05, 0) is 68.5 Å². The fourth-order valence-electron chi connectivity index (χ4n) is 3.25. The summed E-state index contributed by atoms with van der Waals surface area (Å²) in [5.74, 6) is -0.260. The van der Waals surface area contributed by atoms with Gasteiger partial charge in [0.25, 0.3) is 0 Å². The SMILES string of the molecule is OCc1nc(C(O)CNCCCCCCOCCCCc2ccc(F)cc2)ccc1O. The van der Waals surface area contributed by atoms with E-state index in [0.717, 1.165) is 70.3 Å². The quantitative estimate of drug-likeness (QED) is 0.301. The van der Waals surface area contributed by atoms with Crippen LogP contribution in [-0.2, 0) is 17.8 Å². The molecule has 1 atom stereocenters. The molecule has 0 saturated heterocycles. The van der Waals surface area contributed by atoms with Crippen LogP contribution >= 0.6 is 0 Å². The van der Waals surface area contributed by atoms with Gasteiger partial charge in [0, 0.05) is 19.8 Å². The lowest BCUT2D eigenvalue weighted by molar-refractivity contribution is 0.126. The van der Waals surface area contributed by atoms with Gasteiger partial charge in [-0.1, -0.05) is 25.0 Å². The molecule has 172 valence electrons. The molecule has 0 bridgehead atoms. The molecule has 31 heavy (non-hydrogen) atoms. The van der Waals surface area contributed by atoms with Crippen molar-refractivity contribution in [1.82, 2.24) is 10.3 Å². The number of aliphatic hydroxyl groups is 2. The van der Waals surface area contributed by atoms with E-state index >= 15 is 0 Å². The Morgan fingerprint density at radius 1 is 0.935 bits per heavy atom. The summed E-state index contributed by atoms with van der Waals surface area (Å²) in [7, 11) is 0. The van der Waals surface area contributed by atoms with Crippen LogP contribution < -0.4 is 5.32 Å². The maximum Gasteiger partial charge on any atom is 0.139 e. The smallest absolute Gasteiger partial charge is 0.139 e. The Balaban J connectivity index is 1.39. The summed E-state index contributed by atoms with van der Waals surface area (Å²) in [6.45, 7) is 2.38. The molecule has 0 radical (unpaired) electrons. The molecule has 0 aliphatic rings. The summed E-state index contributed by atoms with van der Waals surface area (Å²) in [5, 5.41) is 32.0.